The summed E-state index contributed by atoms with van der Waals surface area (Å²) >= 11 is 7.78. The number of para-hydroxylation sites is 1. The van der Waals surface area contributed by atoms with Crippen molar-refractivity contribution < 1.29 is 4.42 Å². The molecule has 0 N–H and O–H groups in total. The molecule has 1 aromatic carbocycles. The molecule has 0 aliphatic heterocycles. The first-order valence-corrected chi connectivity index (χ1v) is 5.02. The van der Waals surface area contributed by atoms with Crippen molar-refractivity contribution in [3.8, 4) is 0 Å². The molecule has 0 saturated heterocycles. The van der Waals surface area contributed by atoms with E-state index in [0.717, 1.165) is 16.7 Å². The molecule has 12 heavy (non-hydrogen) atoms. The minimum atomic E-state index is 0.472. The predicted molar refractivity (Wildman–Crippen MR) is 56.3 cm³/mol. The number of halogens is 2. The summed E-state index contributed by atoms with van der Waals surface area (Å²) in [6.07, 6.45) is 0. The summed E-state index contributed by atoms with van der Waals surface area (Å²) in [6, 6.07) is 5.76. The van der Waals surface area contributed by atoms with Gasteiger partial charge in [-0.05, 0) is 11.6 Å². The van der Waals surface area contributed by atoms with E-state index in [1.165, 1.54) is 0 Å². The van der Waals surface area contributed by atoms with Gasteiger partial charge >= 0.3 is 0 Å². The van der Waals surface area contributed by atoms with Crippen LogP contribution in [-0.2, 0) is 5.88 Å². The van der Waals surface area contributed by atoms with Gasteiger partial charge in [-0.25, -0.2) is 4.98 Å². The van der Waals surface area contributed by atoms with E-state index in [2.05, 4.69) is 4.98 Å². The number of benzene rings is 1. The SMILES string of the molecule is ClCc1cccc2oc(I)nc12. The van der Waals surface area contributed by atoms with Crippen molar-refractivity contribution in [1.82, 2.24) is 4.98 Å². The van der Waals surface area contributed by atoms with Gasteiger partial charge in [0.05, 0.1) is 0 Å². The first-order chi connectivity index (χ1) is 5.81. The zero-order chi connectivity index (χ0) is 8.55. The van der Waals surface area contributed by atoms with Gasteiger partial charge in [-0.2, -0.15) is 0 Å². The number of hydrogen-bond acceptors (Lipinski definition) is 2. The molecule has 1 aromatic heterocycles. The third kappa shape index (κ3) is 1.31. The van der Waals surface area contributed by atoms with Crippen LogP contribution in [0.15, 0.2) is 22.6 Å². The lowest BCUT2D eigenvalue weighted by Crippen LogP contribution is -1.79. The molecule has 0 spiro atoms. The fourth-order valence-electron chi connectivity index (χ4n) is 1.09. The number of fused-ring (bicyclic) bond motifs is 1. The number of rotatable bonds is 1. The van der Waals surface area contributed by atoms with Crippen LogP contribution in [0.1, 0.15) is 5.56 Å². The van der Waals surface area contributed by atoms with Crippen molar-refractivity contribution in [3.05, 3.63) is 27.7 Å². The lowest BCUT2D eigenvalue weighted by atomic mass is 10.2. The summed E-state index contributed by atoms with van der Waals surface area (Å²) in [5.74, 6) is 0.472. The van der Waals surface area contributed by atoms with Crippen molar-refractivity contribution in [2.24, 2.45) is 0 Å². The summed E-state index contributed by atoms with van der Waals surface area (Å²) in [6.45, 7) is 0. The summed E-state index contributed by atoms with van der Waals surface area (Å²) in [5, 5.41) is 0. The molecule has 0 unspecified atom stereocenters. The maximum Gasteiger partial charge on any atom is 0.258 e. The molecule has 0 atom stereocenters. The normalized spacial score (nSPS) is 10.8. The van der Waals surface area contributed by atoms with E-state index >= 15 is 0 Å². The fraction of sp³-hybridized carbons (Fsp3) is 0.125. The Morgan fingerprint density at radius 3 is 3.08 bits per heavy atom. The highest BCUT2D eigenvalue weighted by Crippen LogP contribution is 2.21. The Hall–Kier alpha value is -0.290. The zero-order valence-electron chi connectivity index (χ0n) is 6.05. The monoisotopic (exact) mass is 293 g/mol. The number of hydrogen-bond donors (Lipinski definition) is 0. The molecule has 0 fully saturated rings. The van der Waals surface area contributed by atoms with Crippen LogP contribution in [0.3, 0.4) is 0 Å². The van der Waals surface area contributed by atoms with E-state index < -0.39 is 0 Å². The Bertz CT molecular complexity index is 412. The second kappa shape index (κ2) is 3.22. The first kappa shape index (κ1) is 8.31. The number of alkyl halides is 1. The molecule has 2 aromatic rings. The van der Waals surface area contributed by atoms with Crippen LogP contribution >= 0.6 is 34.2 Å². The molecule has 0 radical (unpaired) electrons. The maximum absolute atomic E-state index is 5.73. The minimum Gasteiger partial charge on any atom is -0.432 e. The molecule has 1 heterocycles. The van der Waals surface area contributed by atoms with Gasteiger partial charge in [0.2, 0.25) is 0 Å². The van der Waals surface area contributed by atoms with Crippen LogP contribution in [0.4, 0.5) is 0 Å². The minimum absolute atomic E-state index is 0.472. The van der Waals surface area contributed by atoms with Crippen molar-refractivity contribution in [2.75, 3.05) is 0 Å². The van der Waals surface area contributed by atoms with Gasteiger partial charge in [0, 0.05) is 28.5 Å². The van der Waals surface area contributed by atoms with E-state index in [-0.39, 0.29) is 0 Å². The van der Waals surface area contributed by atoms with E-state index in [0.29, 0.717) is 9.78 Å². The van der Waals surface area contributed by atoms with Crippen LogP contribution in [0.25, 0.3) is 11.1 Å². The highest BCUT2D eigenvalue weighted by molar-refractivity contribution is 14.1. The van der Waals surface area contributed by atoms with Crippen LogP contribution < -0.4 is 0 Å². The Balaban J connectivity index is 2.78. The largest absolute Gasteiger partial charge is 0.432 e. The quantitative estimate of drug-likeness (QED) is 0.596. The van der Waals surface area contributed by atoms with Crippen LogP contribution in [0.2, 0.25) is 0 Å². The Morgan fingerprint density at radius 1 is 1.50 bits per heavy atom. The van der Waals surface area contributed by atoms with Crippen LogP contribution in [0.5, 0.6) is 0 Å². The lowest BCUT2D eigenvalue weighted by Gasteiger charge is -1.92. The Morgan fingerprint density at radius 2 is 2.33 bits per heavy atom. The van der Waals surface area contributed by atoms with Gasteiger partial charge in [-0.15, -0.1) is 11.6 Å². The maximum atomic E-state index is 5.73. The average Bonchev–Trinajstić information content (AvgIpc) is 2.44. The summed E-state index contributed by atoms with van der Waals surface area (Å²) < 4.78 is 5.98. The van der Waals surface area contributed by atoms with Crippen molar-refractivity contribution >= 4 is 45.3 Å². The van der Waals surface area contributed by atoms with Gasteiger partial charge in [0.15, 0.2) is 5.58 Å². The molecular formula is C8H5ClINO. The van der Waals surface area contributed by atoms with Gasteiger partial charge in [-0.1, -0.05) is 12.1 Å². The molecule has 2 rings (SSSR count). The standard InChI is InChI=1S/C8H5ClINO/c9-4-5-2-1-3-6-7(5)11-8(10)12-6/h1-3H,4H2. The third-order valence-corrected chi connectivity index (χ3v) is 2.37. The second-order valence-corrected chi connectivity index (χ2v) is 3.55. The third-order valence-electron chi connectivity index (χ3n) is 1.62. The van der Waals surface area contributed by atoms with E-state index in [4.69, 9.17) is 16.0 Å². The van der Waals surface area contributed by atoms with E-state index in [9.17, 15) is 0 Å². The summed E-state index contributed by atoms with van der Waals surface area (Å²) in [7, 11) is 0. The zero-order valence-corrected chi connectivity index (χ0v) is 8.96. The molecular weight excluding hydrogens is 288 g/mol. The summed E-state index contributed by atoms with van der Waals surface area (Å²) in [5.41, 5.74) is 2.69. The molecule has 0 aliphatic rings. The molecule has 0 bridgehead atoms. The topological polar surface area (TPSA) is 26.0 Å². The number of oxazole rings is 1. The molecule has 4 heteroatoms. The molecule has 0 aliphatic carbocycles. The number of aromatic nitrogens is 1. The van der Waals surface area contributed by atoms with Crippen molar-refractivity contribution in [2.45, 2.75) is 5.88 Å². The predicted octanol–water partition coefficient (Wildman–Crippen LogP) is 3.17. The molecule has 0 saturated carbocycles. The van der Waals surface area contributed by atoms with E-state index in [1.807, 2.05) is 40.8 Å². The summed E-state index contributed by atoms with van der Waals surface area (Å²) in [4.78, 5) is 4.22. The highest BCUT2D eigenvalue weighted by Gasteiger charge is 2.05. The van der Waals surface area contributed by atoms with Crippen molar-refractivity contribution in [3.63, 3.8) is 0 Å². The van der Waals surface area contributed by atoms with Crippen LogP contribution in [0, 0.1) is 3.90 Å². The second-order valence-electron chi connectivity index (χ2n) is 2.36. The Labute approximate surface area is 88.1 Å². The number of nitrogens with zero attached hydrogens (tertiary/aromatic N) is 1. The molecule has 2 nitrogen and oxygen atoms in total. The van der Waals surface area contributed by atoms with Gasteiger partial charge in [0.25, 0.3) is 3.90 Å². The highest BCUT2D eigenvalue weighted by atomic mass is 127. The molecule has 62 valence electrons. The van der Waals surface area contributed by atoms with Crippen LogP contribution in [-0.4, -0.2) is 4.98 Å². The van der Waals surface area contributed by atoms with Gasteiger partial charge in [0.1, 0.15) is 5.52 Å². The lowest BCUT2D eigenvalue weighted by molar-refractivity contribution is 0.566. The average molecular weight is 293 g/mol. The van der Waals surface area contributed by atoms with Gasteiger partial charge < -0.3 is 4.42 Å². The smallest absolute Gasteiger partial charge is 0.258 e. The first-order valence-electron chi connectivity index (χ1n) is 3.41. The molecule has 0 amide bonds. The Kier molecular flexibility index (Phi) is 2.23. The fourth-order valence-corrected chi connectivity index (χ4v) is 1.78. The van der Waals surface area contributed by atoms with E-state index in [1.54, 1.807) is 0 Å². The van der Waals surface area contributed by atoms with Gasteiger partial charge in [-0.3, -0.25) is 0 Å². The van der Waals surface area contributed by atoms with Crippen molar-refractivity contribution in [1.29, 1.82) is 0 Å².